The average Bonchev–Trinajstić information content (AvgIpc) is 2.47. The number of halogens is 3. The summed E-state index contributed by atoms with van der Waals surface area (Å²) < 4.78 is 26.9. The maximum atomic E-state index is 12.7. The van der Waals surface area contributed by atoms with Gasteiger partial charge in [-0.05, 0) is 24.2 Å². The molecule has 1 heterocycles. The summed E-state index contributed by atoms with van der Waals surface area (Å²) in [5.41, 5.74) is 0.563. The summed E-state index contributed by atoms with van der Waals surface area (Å²) in [5.74, 6) is 0.141. The highest BCUT2D eigenvalue weighted by Gasteiger charge is 2.30. The number of sulfonamides is 1. The lowest BCUT2D eigenvalue weighted by atomic mass is 10.2. The smallest absolute Gasteiger partial charge is 0.244 e. The number of alkyl halides is 1. The average molecular weight is 372 g/mol. The van der Waals surface area contributed by atoms with Crippen LogP contribution in [0, 0.1) is 0 Å². The van der Waals surface area contributed by atoms with Crippen LogP contribution in [0.2, 0.25) is 10.0 Å². The van der Waals surface area contributed by atoms with Crippen LogP contribution < -0.4 is 0 Å². The fourth-order valence-electron chi connectivity index (χ4n) is 2.30. The minimum atomic E-state index is -3.62. The van der Waals surface area contributed by atoms with Crippen LogP contribution >= 0.6 is 34.8 Å². The third-order valence-electron chi connectivity index (χ3n) is 3.64. The number of likely N-dealkylation sites (N-methyl/N-ethyl adjacent to an activating group) is 1. The van der Waals surface area contributed by atoms with Gasteiger partial charge in [-0.3, -0.25) is 0 Å². The predicted octanol–water partition coefficient (Wildman–Crippen LogP) is 3.06. The second-order valence-electron chi connectivity index (χ2n) is 4.85. The van der Waals surface area contributed by atoms with Gasteiger partial charge < -0.3 is 4.90 Å². The van der Waals surface area contributed by atoms with Gasteiger partial charge in [-0.2, -0.15) is 4.31 Å². The van der Waals surface area contributed by atoms with Crippen molar-refractivity contribution in [2.75, 3.05) is 32.7 Å². The summed E-state index contributed by atoms with van der Waals surface area (Å²) in [5, 5.41) is 0.511. The minimum absolute atomic E-state index is 0.0779. The van der Waals surface area contributed by atoms with Crippen LogP contribution in [-0.2, 0) is 15.9 Å². The first-order chi connectivity index (χ1) is 9.90. The molecule has 1 aromatic rings. The highest BCUT2D eigenvalue weighted by molar-refractivity contribution is 7.89. The second kappa shape index (κ2) is 7.02. The van der Waals surface area contributed by atoms with Crippen molar-refractivity contribution in [3.05, 3.63) is 27.7 Å². The zero-order valence-corrected chi connectivity index (χ0v) is 14.7. The monoisotopic (exact) mass is 370 g/mol. The van der Waals surface area contributed by atoms with E-state index in [9.17, 15) is 8.42 Å². The Hall–Kier alpha value is -0.0400. The highest BCUT2D eigenvalue weighted by Crippen LogP contribution is 2.31. The lowest BCUT2D eigenvalue weighted by Crippen LogP contribution is -2.48. The van der Waals surface area contributed by atoms with Gasteiger partial charge in [0.2, 0.25) is 10.0 Å². The maximum absolute atomic E-state index is 12.7. The topological polar surface area (TPSA) is 40.6 Å². The molecular weight excluding hydrogens is 355 g/mol. The number of rotatable bonds is 4. The summed E-state index contributed by atoms with van der Waals surface area (Å²) in [6, 6.07) is 2.91. The van der Waals surface area contributed by atoms with Crippen LogP contribution in [0.1, 0.15) is 12.5 Å². The first kappa shape index (κ1) is 17.3. The van der Waals surface area contributed by atoms with E-state index in [2.05, 4.69) is 11.8 Å². The van der Waals surface area contributed by atoms with E-state index in [4.69, 9.17) is 34.8 Å². The zero-order chi connectivity index (χ0) is 15.6. The van der Waals surface area contributed by atoms with Gasteiger partial charge in [-0.25, -0.2) is 8.42 Å². The molecule has 0 spiro atoms. The molecule has 0 atom stereocenters. The van der Waals surface area contributed by atoms with E-state index < -0.39 is 10.0 Å². The van der Waals surface area contributed by atoms with Gasteiger partial charge in [0.05, 0.1) is 5.02 Å². The number of nitrogens with zero attached hydrogens (tertiary/aromatic N) is 2. The Kier molecular flexibility index (Phi) is 5.79. The second-order valence-corrected chi connectivity index (χ2v) is 7.83. The summed E-state index contributed by atoms with van der Waals surface area (Å²) in [6.07, 6.45) is 0. The molecule has 1 aliphatic rings. The molecule has 0 aromatic heterocycles. The molecule has 0 bridgehead atoms. The Morgan fingerprint density at radius 1 is 1.10 bits per heavy atom. The van der Waals surface area contributed by atoms with E-state index in [0.717, 1.165) is 19.6 Å². The first-order valence-corrected chi connectivity index (χ1v) is 9.39. The zero-order valence-electron chi connectivity index (χ0n) is 11.7. The van der Waals surface area contributed by atoms with E-state index >= 15 is 0 Å². The van der Waals surface area contributed by atoms with Crippen molar-refractivity contribution in [1.82, 2.24) is 9.21 Å². The van der Waals surface area contributed by atoms with Crippen LogP contribution in [0.5, 0.6) is 0 Å². The predicted molar refractivity (Wildman–Crippen MR) is 86.9 cm³/mol. The molecule has 0 N–H and O–H groups in total. The molecule has 2 rings (SSSR count). The van der Waals surface area contributed by atoms with Gasteiger partial charge in [0.1, 0.15) is 4.90 Å². The third kappa shape index (κ3) is 3.66. The Balaban J connectivity index is 2.32. The fraction of sp³-hybridized carbons (Fsp3) is 0.538. The Morgan fingerprint density at radius 2 is 1.71 bits per heavy atom. The molecule has 1 aromatic carbocycles. The number of piperazine rings is 1. The number of hydrogen-bond donors (Lipinski definition) is 0. The summed E-state index contributed by atoms with van der Waals surface area (Å²) in [7, 11) is -3.62. The van der Waals surface area contributed by atoms with E-state index in [0.29, 0.717) is 23.7 Å². The summed E-state index contributed by atoms with van der Waals surface area (Å²) in [6.45, 7) is 5.36. The van der Waals surface area contributed by atoms with Crippen LogP contribution in [0.4, 0.5) is 0 Å². The molecule has 8 heteroatoms. The van der Waals surface area contributed by atoms with Crippen LogP contribution in [0.15, 0.2) is 17.0 Å². The summed E-state index contributed by atoms with van der Waals surface area (Å²) >= 11 is 17.9. The lowest BCUT2D eigenvalue weighted by Gasteiger charge is -2.33. The first-order valence-electron chi connectivity index (χ1n) is 6.66. The molecule has 0 radical (unpaired) electrons. The van der Waals surface area contributed by atoms with Crippen molar-refractivity contribution in [2.45, 2.75) is 17.7 Å². The Labute approximate surface area is 140 Å². The highest BCUT2D eigenvalue weighted by atomic mass is 35.5. The fourth-order valence-corrected chi connectivity index (χ4v) is 4.85. The van der Waals surface area contributed by atoms with Crippen molar-refractivity contribution in [1.29, 1.82) is 0 Å². The standard InChI is InChI=1S/C13H17Cl3N2O2S/c1-2-17-3-5-18(6-4-17)21(19,20)13-7-10(9-14)11(15)8-12(13)16/h7-8H,2-6,9H2,1H3. The summed E-state index contributed by atoms with van der Waals surface area (Å²) in [4.78, 5) is 2.29. The van der Waals surface area contributed by atoms with Crippen molar-refractivity contribution in [3.8, 4) is 0 Å². The molecule has 0 aliphatic carbocycles. The lowest BCUT2D eigenvalue weighted by molar-refractivity contribution is 0.196. The van der Waals surface area contributed by atoms with Gasteiger partial charge >= 0.3 is 0 Å². The van der Waals surface area contributed by atoms with Crippen molar-refractivity contribution in [2.24, 2.45) is 0 Å². The van der Waals surface area contributed by atoms with Gasteiger partial charge in [0.15, 0.2) is 0 Å². The van der Waals surface area contributed by atoms with Gasteiger partial charge in [0, 0.05) is 37.1 Å². The number of hydrogen-bond acceptors (Lipinski definition) is 3. The Morgan fingerprint density at radius 3 is 2.24 bits per heavy atom. The molecule has 1 saturated heterocycles. The maximum Gasteiger partial charge on any atom is 0.244 e. The van der Waals surface area contributed by atoms with E-state index in [1.807, 2.05) is 0 Å². The molecule has 0 amide bonds. The van der Waals surface area contributed by atoms with E-state index in [1.54, 1.807) is 0 Å². The molecule has 0 saturated carbocycles. The largest absolute Gasteiger partial charge is 0.301 e. The number of benzene rings is 1. The molecule has 21 heavy (non-hydrogen) atoms. The molecule has 0 unspecified atom stereocenters. The molecule has 118 valence electrons. The van der Waals surface area contributed by atoms with E-state index in [1.165, 1.54) is 16.4 Å². The van der Waals surface area contributed by atoms with Gasteiger partial charge in [-0.1, -0.05) is 30.1 Å². The SMILES string of the molecule is CCN1CCN(S(=O)(=O)c2cc(CCl)c(Cl)cc2Cl)CC1. The quantitative estimate of drug-likeness (QED) is 0.764. The third-order valence-corrected chi connectivity index (χ3v) is 6.64. The molecule has 1 aliphatic heterocycles. The van der Waals surface area contributed by atoms with Crippen LogP contribution in [0.3, 0.4) is 0 Å². The van der Waals surface area contributed by atoms with Crippen LogP contribution in [0.25, 0.3) is 0 Å². The Bertz CT molecular complexity index is 614. The van der Waals surface area contributed by atoms with E-state index in [-0.39, 0.29) is 15.8 Å². The van der Waals surface area contributed by atoms with Crippen molar-refractivity contribution < 1.29 is 8.42 Å². The minimum Gasteiger partial charge on any atom is -0.301 e. The van der Waals surface area contributed by atoms with Crippen molar-refractivity contribution in [3.63, 3.8) is 0 Å². The van der Waals surface area contributed by atoms with Crippen LogP contribution in [-0.4, -0.2) is 50.3 Å². The van der Waals surface area contributed by atoms with Crippen molar-refractivity contribution >= 4 is 44.8 Å². The molecular formula is C13H17Cl3N2O2S. The van der Waals surface area contributed by atoms with Gasteiger partial charge in [0.25, 0.3) is 0 Å². The van der Waals surface area contributed by atoms with Gasteiger partial charge in [-0.15, -0.1) is 11.6 Å². The normalized spacial score (nSPS) is 18.1. The molecule has 1 fully saturated rings. The molecule has 4 nitrogen and oxygen atoms in total.